The van der Waals surface area contributed by atoms with Gasteiger partial charge in [0, 0.05) is 30.2 Å². The van der Waals surface area contributed by atoms with Crippen LogP contribution in [0.5, 0.6) is 0 Å². The summed E-state index contributed by atoms with van der Waals surface area (Å²) in [6.45, 7) is 3.04. The van der Waals surface area contributed by atoms with Gasteiger partial charge in [-0.2, -0.15) is 4.98 Å². The van der Waals surface area contributed by atoms with E-state index in [1.807, 2.05) is 6.92 Å². The zero-order chi connectivity index (χ0) is 20.4. The van der Waals surface area contributed by atoms with Crippen molar-refractivity contribution < 1.29 is 13.7 Å². The SMILES string of the molecule is Cc1cnc(-c2nc(C3CCN(C(=O)Cc4ccc(F)cc4Cl)CC3)no2)cn1. The number of carbonyl (C=O) groups excluding carboxylic acids is 1. The number of benzene rings is 1. The minimum Gasteiger partial charge on any atom is -0.342 e. The van der Waals surface area contributed by atoms with Crippen molar-refractivity contribution in [2.24, 2.45) is 0 Å². The number of hydrogen-bond acceptors (Lipinski definition) is 6. The summed E-state index contributed by atoms with van der Waals surface area (Å²) in [5.41, 5.74) is 1.98. The molecule has 1 aromatic carbocycles. The van der Waals surface area contributed by atoms with Crippen LogP contribution in [-0.4, -0.2) is 44.0 Å². The molecule has 29 heavy (non-hydrogen) atoms. The van der Waals surface area contributed by atoms with Gasteiger partial charge in [0.2, 0.25) is 5.91 Å². The lowest BCUT2D eigenvalue weighted by atomic mass is 9.95. The number of likely N-dealkylation sites (tertiary alicyclic amines) is 1. The summed E-state index contributed by atoms with van der Waals surface area (Å²) in [6, 6.07) is 4.09. The van der Waals surface area contributed by atoms with E-state index in [1.54, 1.807) is 23.4 Å². The minimum absolute atomic E-state index is 0.0271. The Morgan fingerprint density at radius 2 is 2.07 bits per heavy atom. The molecule has 150 valence electrons. The molecule has 1 amide bonds. The van der Waals surface area contributed by atoms with Gasteiger partial charge >= 0.3 is 0 Å². The predicted molar refractivity (Wildman–Crippen MR) is 104 cm³/mol. The maximum absolute atomic E-state index is 13.2. The van der Waals surface area contributed by atoms with E-state index in [-0.39, 0.29) is 23.3 Å². The van der Waals surface area contributed by atoms with Crippen LogP contribution in [0.2, 0.25) is 5.02 Å². The Labute approximate surface area is 171 Å². The van der Waals surface area contributed by atoms with E-state index in [2.05, 4.69) is 20.1 Å². The van der Waals surface area contributed by atoms with Crippen LogP contribution in [0.3, 0.4) is 0 Å². The third-order valence-electron chi connectivity index (χ3n) is 5.01. The average molecular weight is 416 g/mol. The van der Waals surface area contributed by atoms with Crippen molar-refractivity contribution in [3.63, 3.8) is 0 Å². The van der Waals surface area contributed by atoms with Crippen LogP contribution in [0.4, 0.5) is 4.39 Å². The molecule has 1 aliphatic heterocycles. The summed E-state index contributed by atoms with van der Waals surface area (Å²) in [5.74, 6) is 0.640. The fraction of sp³-hybridized carbons (Fsp3) is 0.350. The van der Waals surface area contributed by atoms with Crippen molar-refractivity contribution in [3.8, 4) is 11.6 Å². The van der Waals surface area contributed by atoms with Crippen LogP contribution in [-0.2, 0) is 11.2 Å². The third-order valence-corrected chi connectivity index (χ3v) is 5.36. The summed E-state index contributed by atoms with van der Waals surface area (Å²) in [7, 11) is 0. The van der Waals surface area contributed by atoms with E-state index >= 15 is 0 Å². The van der Waals surface area contributed by atoms with Gasteiger partial charge in [0.25, 0.3) is 5.89 Å². The molecule has 0 bridgehead atoms. The molecular formula is C20H19ClFN5O2. The highest BCUT2D eigenvalue weighted by molar-refractivity contribution is 6.31. The Bertz CT molecular complexity index is 1020. The van der Waals surface area contributed by atoms with Crippen LogP contribution < -0.4 is 0 Å². The van der Waals surface area contributed by atoms with Crippen molar-refractivity contribution in [1.29, 1.82) is 0 Å². The van der Waals surface area contributed by atoms with Crippen molar-refractivity contribution in [2.45, 2.75) is 32.1 Å². The first-order valence-electron chi connectivity index (χ1n) is 9.34. The van der Waals surface area contributed by atoms with E-state index in [4.69, 9.17) is 16.1 Å². The summed E-state index contributed by atoms with van der Waals surface area (Å²) in [6.07, 6.45) is 4.89. The number of amides is 1. The zero-order valence-corrected chi connectivity index (χ0v) is 16.6. The Balaban J connectivity index is 1.35. The van der Waals surface area contributed by atoms with Gasteiger partial charge in [-0.15, -0.1) is 0 Å². The number of nitrogens with zero attached hydrogens (tertiary/aromatic N) is 5. The van der Waals surface area contributed by atoms with Crippen LogP contribution in [0.25, 0.3) is 11.6 Å². The van der Waals surface area contributed by atoms with Gasteiger partial charge in [-0.1, -0.05) is 22.8 Å². The molecule has 7 nitrogen and oxygen atoms in total. The lowest BCUT2D eigenvalue weighted by Gasteiger charge is -2.30. The third kappa shape index (κ3) is 4.42. The summed E-state index contributed by atoms with van der Waals surface area (Å²) < 4.78 is 18.5. The normalized spacial score (nSPS) is 14.9. The average Bonchev–Trinajstić information content (AvgIpc) is 3.21. The molecule has 3 aromatic rings. The van der Waals surface area contributed by atoms with Gasteiger partial charge < -0.3 is 9.42 Å². The topological polar surface area (TPSA) is 85.0 Å². The maximum atomic E-state index is 13.2. The lowest BCUT2D eigenvalue weighted by molar-refractivity contribution is -0.131. The highest BCUT2D eigenvalue weighted by Gasteiger charge is 2.27. The molecule has 0 N–H and O–H groups in total. The first-order chi connectivity index (χ1) is 14.0. The first kappa shape index (κ1) is 19.4. The molecule has 4 rings (SSSR count). The van der Waals surface area contributed by atoms with Crippen molar-refractivity contribution >= 4 is 17.5 Å². The second-order valence-corrected chi connectivity index (χ2v) is 7.48. The second-order valence-electron chi connectivity index (χ2n) is 7.07. The fourth-order valence-corrected chi connectivity index (χ4v) is 3.57. The molecule has 1 fully saturated rings. The molecule has 0 atom stereocenters. The van der Waals surface area contributed by atoms with Crippen molar-refractivity contribution in [1.82, 2.24) is 25.0 Å². The zero-order valence-electron chi connectivity index (χ0n) is 15.8. The van der Waals surface area contributed by atoms with Crippen LogP contribution >= 0.6 is 11.6 Å². The molecule has 0 aliphatic carbocycles. The first-order valence-corrected chi connectivity index (χ1v) is 9.71. The molecule has 0 saturated carbocycles. The van der Waals surface area contributed by atoms with E-state index in [9.17, 15) is 9.18 Å². The van der Waals surface area contributed by atoms with Gasteiger partial charge in [-0.25, -0.2) is 9.37 Å². The number of aryl methyl sites for hydroxylation is 1. The quantitative estimate of drug-likeness (QED) is 0.647. The van der Waals surface area contributed by atoms with Crippen molar-refractivity contribution in [3.05, 3.63) is 58.5 Å². The maximum Gasteiger partial charge on any atom is 0.278 e. The predicted octanol–water partition coefficient (Wildman–Crippen LogP) is 3.58. The largest absolute Gasteiger partial charge is 0.342 e. The molecule has 1 aliphatic rings. The molecule has 9 heteroatoms. The molecule has 3 heterocycles. The Hall–Kier alpha value is -2.87. The van der Waals surface area contributed by atoms with Gasteiger partial charge in [0.05, 0.1) is 18.3 Å². The molecule has 1 saturated heterocycles. The smallest absolute Gasteiger partial charge is 0.278 e. The molecule has 2 aromatic heterocycles. The lowest BCUT2D eigenvalue weighted by Crippen LogP contribution is -2.39. The Morgan fingerprint density at radius 1 is 1.28 bits per heavy atom. The summed E-state index contributed by atoms with van der Waals surface area (Å²) >= 11 is 6.03. The summed E-state index contributed by atoms with van der Waals surface area (Å²) in [4.78, 5) is 27.3. The van der Waals surface area contributed by atoms with Gasteiger partial charge in [0.15, 0.2) is 5.82 Å². The monoisotopic (exact) mass is 415 g/mol. The van der Waals surface area contributed by atoms with Gasteiger partial charge in [-0.05, 0) is 37.5 Å². The standard InChI is InChI=1S/C20H19ClFN5O2/c1-12-10-24-17(11-23-12)20-25-19(26-29-20)13-4-6-27(7-5-13)18(28)8-14-2-3-15(22)9-16(14)21/h2-3,9-11,13H,4-8H2,1H3. The minimum atomic E-state index is -0.414. The molecule has 0 unspecified atom stereocenters. The fourth-order valence-electron chi connectivity index (χ4n) is 3.33. The Kier molecular flexibility index (Phi) is 5.53. The number of rotatable bonds is 4. The highest BCUT2D eigenvalue weighted by atomic mass is 35.5. The number of halogens is 2. The molecule has 0 spiro atoms. The van der Waals surface area contributed by atoms with Crippen LogP contribution in [0.15, 0.2) is 35.1 Å². The van der Waals surface area contributed by atoms with Gasteiger partial charge in [0.1, 0.15) is 11.5 Å². The van der Waals surface area contributed by atoms with Crippen LogP contribution in [0.1, 0.15) is 35.8 Å². The molecular weight excluding hydrogens is 397 g/mol. The van der Waals surface area contributed by atoms with Crippen LogP contribution in [0, 0.1) is 12.7 Å². The van der Waals surface area contributed by atoms with E-state index in [0.29, 0.717) is 36.1 Å². The van der Waals surface area contributed by atoms with E-state index in [0.717, 1.165) is 18.5 Å². The number of aromatic nitrogens is 4. The Morgan fingerprint density at radius 3 is 2.76 bits per heavy atom. The van der Waals surface area contributed by atoms with E-state index < -0.39 is 5.82 Å². The summed E-state index contributed by atoms with van der Waals surface area (Å²) in [5, 5.41) is 4.36. The van der Waals surface area contributed by atoms with Crippen molar-refractivity contribution in [2.75, 3.05) is 13.1 Å². The second kappa shape index (κ2) is 8.24. The van der Waals surface area contributed by atoms with Gasteiger partial charge in [-0.3, -0.25) is 9.78 Å². The molecule has 0 radical (unpaired) electrons. The highest BCUT2D eigenvalue weighted by Crippen LogP contribution is 2.28. The number of hydrogen-bond donors (Lipinski definition) is 0. The number of carbonyl (C=O) groups is 1. The van der Waals surface area contributed by atoms with E-state index in [1.165, 1.54) is 12.1 Å². The number of piperidine rings is 1.